The van der Waals surface area contributed by atoms with Crippen molar-refractivity contribution in [2.75, 3.05) is 0 Å². The Hall–Kier alpha value is -0.990. The average Bonchev–Trinajstić information content (AvgIpc) is 2.02. The second-order valence-electron chi connectivity index (χ2n) is 2.40. The summed E-state index contributed by atoms with van der Waals surface area (Å²) in [7, 11) is 0. The molecule has 1 unspecified atom stereocenters. The van der Waals surface area contributed by atoms with Crippen LogP contribution in [-0.2, 0) is 9.09 Å². The first kappa shape index (κ1) is 8.60. The van der Waals surface area contributed by atoms with E-state index in [4.69, 9.17) is 15.8 Å². The van der Waals surface area contributed by atoms with Gasteiger partial charge in [0, 0.05) is 11.2 Å². The van der Waals surface area contributed by atoms with Gasteiger partial charge in [0.2, 0.25) is 0 Å². The highest BCUT2D eigenvalue weighted by atomic mass is 35.7. The predicted molar refractivity (Wildman–Crippen MR) is 45.9 cm³/mol. The van der Waals surface area contributed by atoms with Crippen LogP contribution < -0.4 is 4.52 Å². The van der Waals surface area contributed by atoms with Gasteiger partial charge < -0.3 is 9.05 Å². The Morgan fingerprint density at radius 2 is 1.92 bits per heavy atom. The van der Waals surface area contributed by atoms with Crippen LogP contribution in [0.3, 0.4) is 0 Å². The maximum Gasteiger partial charge on any atom is 0.532 e. The van der Waals surface area contributed by atoms with Gasteiger partial charge in [-0.2, -0.15) is 0 Å². The minimum atomic E-state index is -3.75. The van der Waals surface area contributed by atoms with E-state index < -0.39 is 12.9 Å². The molecule has 0 amide bonds. The van der Waals surface area contributed by atoms with Crippen LogP contribution in [0.5, 0.6) is 5.75 Å². The summed E-state index contributed by atoms with van der Waals surface area (Å²) in [6, 6.07) is 6.31. The molecule has 0 bridgehead atoms. The van der Waals surface area contributed by atoms with Crippen molar-refractivity contribution in [1.82, 2.24) is 0 Å². The zero-order chi connectivity index (χ0) is 9.47. The Balaban J connectivity index is 2.55. The number of benzene rings is 1. The van der Waals surface area contributed by atoms with Crippen molar-refractivity contribution in [2.45, 2.75) is 0 Å². The van der Waals surface area contributed by atoms with Gasteiger partial charge in [0.15, 0.2) is 0 Å². The van der Waals surface area contributed by atoms with E-state index in [0.717, 1.165) is 0 Å². The Labute approximate surface area is 78.7 Å². The molecule has 6 heteroatoms. The number of carbonyl (C=O) groups is 1. The summed E-state index contributed by atoms with van der Waals surface area (Å²) in [6.45, 7) is -3.75. The van der Waals surface area contributed by atoms with Gasteiger partial charge in [-0.05, 0) is 12.1 Å². The molecular weight excluding hydrogens is 214 g/mol. The van der Waals surface area contributed by atoms with Gasteiger partial charge in [-0.3, -0.25) is 0 Å². The van der Waals surface area contributed by atoms with Gasteiger partial charge in [-0.1, -0.05) is 12.1 Å². The van der Waals surface area contributed by atoms with Gasteiger partial charge >= 0.3 is 12.9 Å². The summed E-state index contributed by atoms with van der Waals surface area (Å²) >= 11 is 5.28. The first-order valence-electron chi connectivity index (χ1n) is 3.41. The molecular formula is C7H4ClO4P. The normalized spacial score (nSPS) is 25.8. The summed E-state index contributed by atoms with van der Waals surface area (Å²) in [4.78, 5) is 11.1. The second kappa shape index (κ2) is 2.76. The van der Waals surface area contributed by atoms with Crippen LogP contribution >= 0.6 is 18.2 Å². The van der Waals surface area contributed by atoms with Crippen LogP contribution in [0, 0.1) is 0 Å². The van der Waals surface area contributed by atoms with Crippen LogP contribution in [-0.4, -0.2) is 5.97 Å². The van der Waals surface area contributed by atoms with Gasteiger partial charge in [-0.25, -0.2) is 9.36 Å². The standard InChI is InChI=1S/C7H4ClO4P/c8-13(10)11-6-4-2-1-3-5(6)7(9)12-13/h1-4H. The van der Waals surface area contributed by atoms with E-state index in [-0.39, 0.29) is 11.3 Å². The van der Waals surface area contributed by atoms with Crippen molar-refractivity contribution in [3.8, 4) is 5.75 Å². The van der Waals surface area contributed by atoms with Gasteiger partial charge in [0.1, 0.15) is 11.3 Å². The summed E-state index contributed by atoms with van der Waals surface area (Å²) in [6.07, 6.45) is 0. The minimum absolute atomic E-state index is 0.192. The molecule has 0 aliphatic carbocycles. The molecule has 0 radical (unpaired) electrons. The molecule has 13 heavy (non-hydrogen) atoms. The van der Waals surface area contributed by atoms with E-state index in [1.54, 1.807) is 12.1 Å². The average molecular weight is 219 g/mol. The quantitative estimate of drug-likeness (QED) is 0.628. The molecule has 1 heterocycles. The van der Waals surface area contributed by atoms with Crippen molar-refractivity contribution in [3.63, 3.8) is 0 Å². The lowest BCUT2D eigenvalue weighted by Gasteiger charge is -2.19. The number of para-hydroxylation sites is 1. The lowest BCUT2D eigenvalue weighted by atomic mass is 10.2. The predicted octanol–water partition coefficient (Wildman–Crippen LogP) is 2.58. The van der Waals surface area contributed by atoms with E-state index >= 15 is 0 Å². The highest BCUT2D eigenvalue weighted by Crippen LogP contribution is 2.57. The minimum Gasteiger partial charge on any atom is -0.404 e. The molecule has 0 fully saturated rings. The highest BCUT2D eigenvalue weighted by Gasteiger charge is 2.35. The molecule has 1 atom stereocenters. The Morgan fingerprint density at radius 3 is 2.69 bits per heavy atom. The fraction of sp³-hybridized carbons (Fsp3) is 0. The van der Waals surface area contributed by atoms with Crippen molar-refractivity contribution in [1.29, 1.82) is 0 Å². The molecule has 0 spiro atoms. The first-order chi connectivity index (χ1) is 6.08. The van der Waals surface area contributed by atoms with Crippen molar-refractivity contribution in [3.05, 3.63) is 29.8 Å². The molecule has 0 N–H and O–H groups in total. The third-order valence-corrected chi connectivity index (χ3v) is 2.72. The number of carbonyl (C=O) groups excluding carboxylic acids is 1. The van der Waals surface area contributed by atoms with Crippen LogP contribution in [0.25, 0.3) is 0 Å². The van der Waals surface area contributed by atoms with E-state index in [1.807, 2.05) is 0 Å². The summed E-state index contributed by atoms with van der Waals surface area (Å²) < 4.78 is 20.2. The largest absolute Gasteiger partial charge is 0.532 e. The number of hydrogen-bond donors (Lipinski definition) is 0. The van der Waals surface area contributed by atoms with Crippen molar-refractivity contribution < 1.29 is 18.4 Å². The smallest absolute Gasteiger partial charge is 0.404 e. The van der Waals surface area contributed by atoms with Gasteiger partial charge in [0.25, 0.3) is 0 Å². The lowest BCUT2D eigenvalue weighted by molar-refractivity contribution is 0.0707. The van der Waals surface area contributed by atoms with Crippen LogP contribution in [0.1, 0.15) is 10.4 Å². The number of fused-ring (bicyclic) bond motifs is 1. The van der Waals surface area contributed by atoms with E-state index in [9.17, 15) is 9.36 Å². The zero-order valence-corrected chi connectivity index (χ0v) is 7.92. The maximum atomic E-state index is 11.1. The monoisotopic (exact) mass is 218 g/mol. The summed E-state index contributed by atoms with van der Waals surface area (Å²) in [5, 5.41) is 0. The molecule has 0 saturated heterocycles. The van der Waals surface area contributed by atoms with Crippen molar-refractivity contribution >= 4 is 24.2 Å². The molecule has 0 saturated carbocycles. The Kier molecular flexibility index (Phi) is 1.82. The second-order valence-corrected chi connectivity index (χ2v) is 4.87. The van der Waals surface area contributed by atoms with Crippen LogP contribution in [0.2, 0.25) is 0 Å². The topological polar surface area (TPSA) is 52.6 Å². The molecule has 1 aromatic carbocycles. The van der Waals surface area contributed by atoms with Crippen LogP contribution in [0.4, 0.5) is 0 Å². The summed E-state index contributed by atoms with van der Waals surface area (Å²) in [5.74, 6) is -0.530. The fourth-order valence-corrected chi connectivity index (χ4v) is 2.14. The Morgan fingerprint density at radius 1 is 1.23 bits per heavy atom. The molecule has 68 valence electrons. The Bertz CT molecular complexity index is 417. The lowest BCUT2D eigenvalue weighted by Crippen LogP contribution is -2.11. The molecule has 0 aromatic heterocycles. The van der Waals surface area contributed by atoms with E-state index in [1.165, 1.54) is 12.1 Å². The summed E-state index contributed by atoms with van der Waals surface area (Å²) in [5.41, 5.74) is 0.231. The number of hydrogen-bond acceptors (Lipinski definition) is 4. The maximum absolute atomic E-state index is 11.1. The molecule has 1 aliphatic heterocycles. The number of rotatable bonds is 0. The van der Waals surface area contributed by atoms with E-state index in [2.05, 4.69) is 4.52 Å². The van der Waals surface area contributed by atoms with Crippen LogP contribution in [0.15, 0.2) is 24.3 Å². The molecule has 4 nitrogen and oxygen atoms in total. The fourth-order valence-electron chi connectivity index (χ4n) is 0.999. The first-order valence-corrected chi connectivity index (χ1v) is 5.85. The van der Waals surface area contributed by atoms with Gasteiger partial charge in [-0.15, -0.1) is 0 Å². The van der Waals surface area contributed by atoms with E-state index in [0.29, 0.717) is 0 Å². The third-order valence-electron chi connectivity index (χ3n) is 1.51. The SMILES string of the molecule is O=C1OP(=O)(Cl)Oc2ccccc21. The highest BCUT2D eigenvalue weighted by molar-refractivity contribution is 7.82. The molecule has 1 aliphatic rings. The zero-order valence-electron chi connectivity index (χ0n) is 6.27. The van der Waals surface area contributed by atoms with Crippen molar-refractivity contribution in [2.24, 2.45) is 0 Å². The third kappa shape index (κ3) is 1.55. The van der Waals surface area contributed by atoms with Gasteiger partial charge in [0.05, 0.1) is 0 Å². The molecule has 2 rings (SSSR count). The number of halogens is 1. The molecule has 1 aromatic rings.